The van der Waals surface area contributed by atoms with E-state index >= 15 is 0 Å². The Kier molecular flexibility index (Phi) is 13.9. The van der Waals surface area contributed by atoms with Crippen LogP contribution in [-0.4, -0.2) is 100 Å². The SMILES string of the molecule is CC[C@H]1OC(=O)C(F)(F)[C@H]1C.CC[C@H]1OC(C)C(F)(F)[C@H]1C.CC[C@H]1OC(O)C(F)(F)[C@H]1C.O=C1O[C@H](CO)C(O)C1(F)F. The Labute approximate surface area is 250 Å². The molecule has 3 unspecified atom stereocenters. The molecule has 0 aromatic heterocycles. The zero-order chi connectivity index (χ0) is 34.6. The molecule has 0 aromatic carbocycles. The summed E-state index contributed by atoms with van der Waals surface area (Å²) in [6, 6.07) is 0. The second-order valence-electron chi connectivity index (χ2n) is 11.0. The number of aliphatic hydroxyl groups excluding tert-OH is 3. The molecule has 0 radical (unpaired) electrons. The highest BCUT2D eigenvalue weighted by atomic mass is 19.3. The van der Waals surface area contributed by atoms with E-state index in [0.717, 1.165) is 0 Å². The summed E-state index contributed by atoms with van der Waals surface area (Å²) in [4.78, 5) is 20.7. The summed E-state index contributed by atoms with van der Waals surface area (Å²) >= 11 is 0. The summed E-state index contributed by atoms with van der Waals surface area (Å²) in [5.74, 6) is -18.6. The van der Waals surface area contributed by atoms with Crippen LogP contribution >= 0.6 is 0 Å². The van der Waals surface area contributed by atoms with Crippen molar-refractivity contribution in [2.75, 3.05) is 6.61 Å². The van der Waals surface area contributed by atoms with E-state index in [2.05, 4.69) is 14.2 Å². The lowest BCUT2D eigenvalue weighted by Gasteiger charge is -2.17. The largest absolute Gasteiger partial charge is 0.457 e. The Morgan fingerprint density at radius 1 is 0.614 bits per heavy atom. The van der Waals surface area contributed by atoms with Crippen molar-refractivity contribution in [3.05, 3.63) is 0 Å². The molecule has 4 aliphatic rings. The highest BCUT2D eigenvalue weighted by Crippen LogP contribution is 2.42. The van der Waals surface area contributed by atoms with E-state index in [0.29, 0.717) is 19.3 Å². The van der Waals surface area contributed by atoms with Crippen LogP contribution in [-0.2, 0) is 28.5 Å². The minimum Gasteiger partial charge on any atom is -0.457 e. The quantitative estimate of drug-likeness (QED) is 0.297. The van der Waals surface area contributed by atoms with Gasteiger partial charge in [0.25, 0.3) is 5.92 Å². The van der Waals surface area contributed by atoms with Gasteiger partial charge in [-0.3, -0.25) is 0 Å². The monoisotopic (exact) mass is 662 g/mol. The second-order valence-corrected chi connectivity index (χ2v) is 11.0. The van der Waals surface area contributed by atoms with Gasteiger partial charge in [-0.25, -0.2) is 27.2 Å². The molecule has 0 spiro atoms. The zero-order valence-corrected chi connectivity index (χ0v) is 25.4. The number of rotatable bonds is 4. The summed E-state index contributed by atoms with van der Waals surface area (Å²) in [5.41, 5.74) is 0. The lowest BCUT2D eigenvalue weighted by molar-refractivity contribution is -0.191. The fourth-order valence-corrected chi connectivity index (χ4v) is 4.78. The molecule has 44 heavy (non-hydrogen) atoms. The van der Waals surface area contributed by atoms with Crippen molar-refractivity contribution in [1.82, 2.24) is 0 Å². The third-order valence-corrected chi connectivity index (χ3v) is 8.18. The van der Waals surface area contributed by atoms with Crippen molar-refractivity contribution in [2.45, 2.75) is 134 Å². The third-order valence-electron chi connectivity index (χ3n) is 8.18. The molecular weight excluding hydrogens is 620 g/mol. The van der Waals surface area contributed by atoms with Crippen LogP contribution < -0.4 is 0 Å². The molecule has 9 nitrogen and oxygen atoms in total. The first-order chi connectivity index (χ1) is 20.0. The minimum atomic E-state index is -3.88. The Bertz CT molecular complexity index is 880. The highest BCUT2D eigenvalue weighted by molar-refractivity contribution is 5.81. The van der Waals surface area contributed by atoms with Crippen molar-refractivity contribution in [2.24, 2.45) is 17.8 Å². The topological polar surface area (TPSA) is 132 Å². The molecule has 4 rings (SSSR count). The smallest absolute Gasteiger partial charge is 0.380 e. The maximum Gasteiger partial charge on any atom is 0.380 e. The number of hydrogen-bond donors (Lipinski definition) is 3. The van der Waals surface area contributed by atoms with Gasteiger partial charge in [-0.15, -0.1) is 0 Å². The molecule has 4 saturated heterocycles. The number of esters is 2. The Balaban J connectivity index is 0.000000293. The molecule has 0 bridgehead atoms. The van der Waals surface area contributed by atoms with E-state index in [1.54, 1.807) is 20.8 Å². The number of carbonyl (C=O) groups excluding carboxylic acids is 2. The van der Waals surface area contributed by atoms with E-state index in [1.807, 2.05) is 6.92 Å². The van der Waals surface area contributed by atoms with Gasteiger partial charge in [-0.1, -0.05) is 41.5 Å². The first kappa shape index (κ1) is 40.2. The van der Waals surface area contributed by atoms with Crippen LogP contribution in [0.25, 0.3) is 0 Å². The molecule has 4 fully saturated rings. The molecule has 10 atom stereocenters. The third kappa shape index (κ3) is 8.30. The van der Waals surface area contributed by atoms with Gasteiger partial charge in [-0.05, 0) is 26.2 Å². The van der Waals surface area contributed by atoms with Crippen molar-refractivity contribution < 1.29 is 79.0 Å². The Hall–Kier alpha value is -1.82. The van der Waals surface area contributed by atoms with E-state index < -0.39 is 96.8 Å². The predicted octanol–water partition coefficient (Wildman–Crippen LogP) is 4.33. The number of ether oxygens (including phenoxy) is 4. The van der Waals surface area contributed by atoms with Crippen LogP contribution in [0.1, 0.15) is 67.7 Å². The normalized spacial score (nSPS) is 39.1. The molecule has 260 valence electrons. The van der Waals surface area contributed by atoms with Gasteiger partial charge in [-0.2, -0.15) is 17.6 Å². The number of carbonyl (C=O) groups is 2. The fourth-order valence-electron chi connectivity index (χ4n) is 4.78. The van der Waals surface area contributed by atoms with Gasteiger partial charge >= 0.3 is 29.7 Å². The minimum absolute atomic E-state index is 0.264. The number of aliphatic hydroxyl groups is 3. The molecule has 17 heteroatoms. The van der Waals surface area contributed by atoms with Crippen LogP contribution in [0, 0.1) is 17.8 Å². The van der Waals surface area contributed by atoms with Crippen molar-refractivity contribution in [3.8, 4) is 0 Å². The van der Waals surface area contributed by atoms with Gasteiger partial charge in [0, 0.05) is 5.92 Å². The number of alkyl halides is 8. The Morgan fingerprint density at radius 2 is 1.02 bits per heavy atom. The number of cyclic esters (lactones) is 2. The summed E-state index contributed by atoms with van der Waals surface area (Å²) in [5, 5.41) is 25.7. The number of hydrogen-bond acceptors (Lipinski definition) is 9. The lowest BCUT2D eigenvalue weighted by Crippen LogP contribution is -2.38. The second kappa shape index (κ2) is 15.2. The van der Waals surface area contributed by atoms with Gasteiger partial charge in [0.2, 0.25) is 6.29 Å². The van der Waals surface area contributed by atoms with Crippen molar-refractivity contribution >= 4 is 11.9 Å². The maximum atomic E-state index is 13.0. The van der Waals surface area contributed by atoms with E-state index in [1.165, 1.54) is 20.8 Å². The lowest BCUT2D eigenvalue weighted by atomic mass is 9.96. The van der Waals surface area contributed by atoms with Gasteiger partial charge in [0.15, 0.2) is 12.2 Å². The van der Waals surface area contributed by atoms with Gasteiger partial charge < -0.3 is 34.3 Å². The Morgan fingerprint density at radius 3 is 1.20 bits per heavy atom. The van der Waals surface area contributed by atoms with Crippen LogP contribution in [0.5, 0.6) is 0 Å². The summed E-state index contributed by atoms with van der Waals surface area (Å²) < 4.78 is 120. The first-order valence-corrected chi connectivity index (χ1v) is 14.2. The molecule has 0 amide bonds. The van der Waals surface area contributed by atoms with Gasteiger partial charge in [0.05, 0.1) is 30.7 Å². The number of halogens is 8. The molecule has 3 N–H and O–H groups in total. The van der Waals surface area contributed by atoms with Crippen molar-refractivity contribution in [3.63, 3.8) is 0 Å². The molecule has 4 heterocycles. The maximum absolute atomic E-state index is 13.0. The first-order valence-electron chi connectivity index (χ1n) is 14.2. The molecule has 0 aliphatic carbocycles. The van der Waals surface area contributed by atoms with Gasteiger partial charge in [0.1, 0.15) is 12.2 Å². The average molecular weight is 663 g/mol. The average Bonchev–Trinajstić information content (AvgIpc) is 3.47. The fraction of sp³-hybridized carbons (Fsp3) is 0.926. The van der Waals surface area contributed by atoms with Crippen LogP contribution in [0.2, 0.25) is 0 Å². The van der Waals surface area contributed by atoms with E-state index in [9.17, 15) is 44.7 Å². The van der Waals surface area contributed by atoms with Crippen LogP contribution in [0.15, 0.2) is 0 Å². The van der Waals surface area contributed by atoms with E-state index in [-0.39, 0.29) is 6.10 Å². The van der Waals surface area contributed by atoms with E-state index in [4.69, 9.17) is 20.1 Å². The predicted molar refractivity (Wildman–Crippen MR) is 136 cm³/mol. The molecule has 0 saturated carbocycles. The molecular formula is C27H42F8O9. The molecule has 4 aliphatic heterocycles. The molecule has 0 aromatic rings. The highest BCUT2D eigenvalue weighted by Gasteiger charge is 2.59. The van der Waals surface area contributed by atoms with Crippen LogP contribution in [0.4, 0.5) is 35.1 Å². The van der Waals surface area contributed by atoms with Crippen LogP contribution in [0.3, 0.4) is 0 Å². The zero-order valence-electron chi connectivity index (χ0n) is 25.4. The summed E-state index contributed by atoms with van der Waals surface area (Å²) in [6.45, 7) is 10.3. The summed E-state index contributed by atoms with van der Waals surface area (Å²) in [6.07, 6.45) is -6.34. The summed E-state index contributed by atoms with van der Waals surface area (Å²) in [7, 11) is 0. The van der Waals surface area contributed by atoms with Crippen molar-refractivity contribution in [1.29, 1.82) is 0 Å². The standard InChI is InChI=1S/C8H14F2O.C7H12F2O2.C7H10F2O2.C5H6F2O4/c1-4-7-5(2)8(9,10)6(3)11-7;2*1-3-5-4(2)7(8,9)6(10)11-5;6-5(7)3(9)2(1-8)11-4(5)10/h5-7H,4H2,1-3H3;4-6,10H,3H2,1-2H3;4-5H,3H2,1-2H3;2-3,8-9H,1H2/t5-,6?,7+;4-,5+,6?;4-,5+;2-,3?/m0001/s1.